The molecule has 0 bridgehead atoms. The smallest absolute Gasteiger partial charge is 0.330 e. The van der Waals surface area contributed by atoms with Crippen LogP contribution in [-0.4, -0.2) is 54.5 Å². The summed E-state index contributed by atoms with van der Waals surface area (Å²) in [5, 5.41) is 12.7. The van der Waals surface area contributed by atoms with Gasteiger partial charge in [0.2, 0.25) is 0 Å². The molecule has 1 atom stereocenters. The van der Waals surface area contributed by atoms with Crippen LogP contribution in [0.5, 0.6) is 0 Å². The molecule has 0 aromatic heterocycles. The van der Waals surface area contributed by atoms with E-state index < -0.39 is 18.0 Å². The number of ether oxygens (including phenoxy) is 1. The number of hydrogen-bond acceptors (Lipinski definition) is 4. The minimum absolute atomic E-state index is 0.0497. The Bertz CT molecular complexity index is 320. The maximum atomic E-state index is 11.5. The van der Waals surface area contributed by atoms with Gasteiger partial charge in [0.15, 0.2) is 0 Å². The number of terminal acetylenes is 1. The average Bonchev–Trinajstić information content (AvgIpc) is 2.29. The van der Waals surface area contributed by atoms with E-state index in [1.807, 2.05) is 0 Å². The Morgan fingerprint density at radius 3 is 2.65 bits per heavy atom. The van der Waals surface area contributed by atoms with Gasteiger partial charge in [-0.1, -0.05) is 0 Å². The molecule has 0 aromatic carbocycles. The molecule has 1 fully saturated rings. The van der Waals surface area contributed by atoms with Crippen LogP contribution in [0.2, 0.25) is 0 Å². The van der Waals surface area contributed by atoms with Gasteiger partial charge in [-0.15, -0.1) is 12.3 Å². The number of carboxylic acid groups (broad SMARTS) is 1. The first-order chi connectivity index (χ1) is 8.13. The molecule has 1 rings (SSSR count). The molecule has 0 aliphatic carbocycles. The van der Waals surface area contributed by atoms with Gasteiger partial charge in [-0.3, -0.25) is 5.43 Å². The van der Waals surface area contributed by atoms with Crippen LogP contribution in [-0.2, 0) is 9.53 Å². The highest BCUT2D eigenvalue weighted by Gasteiger charge is 2.20. The zero-order chi connectivity index (χ0) is 12.7. The van der Waals surface area contributed by atoms with E-state index in [-0.39, 0.29) is 6.42 Å². The highest BCUT2D eigenvalue weighted by molar-refractivity contribution is 5.82. The van der Waals surface area contributed by atoms with E-state index in [0.717, 1.165) is 0 Å². The molecule has 17 heavy (non-hydrogen) atoms. The lowest BCUT2D eigenvalue weighted by atomic mass is 10.2. The quantitative estimate of drug-likeness (QED) is 0.550. The predicted octanol–water partition coefficient (Wildman–Crippen LogP) is -0.991. The molecule has 3 N–H and O–H groups in total. The molecular weight excluding hydrogens is 226 g/mol. The first-order valence-corrected chi connectivity index (χ1v) is 5.19. The Labute approximate surface area is 99.1 Å². The van der Waals surface area contributed by atoms with Crippen LogP contribution in [0, 0.1) is 12.3 Å². The van der Waals surface area contributed by atoms with Crippen molar-refractivity contribution in [3.05, 3.63) is 0 Å². The minimum Gasteiger partial charge on any atom is -0.480 e. The van der Waals surface area contributed by atoms with E-state index in [9.17, 15) is 9.59 Å². The molecule has 2 amide bonds. The molecule has 7 heteroatoms. The van der Waals surface area contributed by atoms with Crippen molar-refractivity contribution >= 4 is 12.0 Å². The fourth-order valence-electron chi connectivity index (χ4n) is 1.33. The van der Waals surface area contributed by atoms with Gasteiger partial charge in [0.25, 0.3) is 0 Å². The topological polar surface area (TPSA) is 90.9 Å². The summed E-state index contributed by atoms with van der Waals surface area (Å²) in [7, 11) is 0. The summed E-state index contributed by atoms with van der Waals surface area (Å²) in [6, 6.07) is -1.64. The fourth-order valence-corrected chi connectivity index (χ4v) is 1.33. The van der Waals surface area contributed by atoms with E-state index in [4.69, 9.17) is 16.3 Å². The Kier molecular flexibility index (Phi) is 5.26. The zero-order valence-corrected chi connectivity index (χ0v) is 9.31. The summed E-state index contributed by atoms with van der Waals surface area (Å²) in [4.78, 5) is 22.2. The number of aliphatic carboxylic acids is 1. The van der Waals surface area contributed by atoms with Gasteiger partial charge in [-0.25, -0.2) is 14.6 Å². The summed E-state index contributed by atoms with van der Waals surface area (Å²) in [6.07, 6.45) is 4.97. The summed E-state index contributed by atoms with van der Waals surface area (Å²) in [6.45, 7) is 2.21. The molecule has 94 valence electrons. The number of rotatable bonds is 4. The molecule has 1 saturated heterocycles. The van der Waals surface area contributed by atoms with Gasteiger partial charge in [0.05, 0.1) is 13.2 Å². The van der Waals surface area contributed by atoms with Crippen LogP contribution in [0.1, 0.15) is 6.42 Å². The highest BCUT2D eigenvalue weighted by atomic mass is 16.5. The summed E-state index contributed by atoms with van der Waals surface area (Å²) >= 11 is 0. The first-order valence-electron chi connectivity index (χ1n) is 5.19. The Morgan fingerprint density at radius 2 is 2.12 bits per heavy atom. The van der Waals surface area contributed by atoms with Crippen LogP contribution < -0.4 is 10.7 Å². The molecule has 0 spiro atoms. The third kappa shape index (κ3) is 4.72. The molecule has 0 aromatic rings. The van der Waals surface area contributed by atoms with Crippen molar-refractivity contribution in [3.63, 3.8) is 0 Å². The van der Waals surface area contributed by atoms with E-state index in [1.54, 1.807) is 5.01 Å². The van der Waals surface area contributed by atoms with E-state index >= 15 is 0 Å². The monoisotopic (exact) mass is 241 g/mol. The molecule has 1 unspecified atom stereocenters. The molecule has 0 radical (unpaired) electrons. The number of hydrazine groups is 1. The highest BCUT2D eigenvalue weighted by Crippen LogP contribution is 1.94. The van der Waals surface area contributed by atoms with Crippen LogP contribution in [0.25, 0.3) is 0 Å². The maximum Gasteiger partial charge on any atom is 0.330 e. The fraction of sp³-hybridized carbons (Fsp3) is 0.600. The number of morpholine rings is 1. The van der Waals surface area contributed by atoms with Gasteiger partial charge in [-0.05, 0) is 0 Å². The largest absolute Gasteiger partial charge is 0.480 e. The summed E-state index contributed by atoms with van der Waals surface area (Å²) < 4.78 is 5.11. The lowest BCUT2D eigenvalue weighted by Gasteiger charge is -2.27. The number of carbonyl (C=O) groups excluding carboxylic acids is 1. The molecule has 1 heterocycles. The molecule has 1 aliphatic rings. The molecule has 7 nitrogen and oxygen atoms in total. The minimum atomic E-state index is -1.15. The first kappa shape index (κ1) is 13.3. The van der Waals surface area contributed by atoms with Gasteiger partial charge >= 0.3 is 12.0 Å². The van der Waals surface area contributed by atoms with Crippen LogP contribution in [0.4, 0.5) is 4.79 Å². The lowest BCUT2D eigenvalue weighted by molar-refractivity contribution is -0.139. The normalized spacial score (nSPS) is 17.8. The lowest BCUT2D eigenvalue weighted by Crippen LogP contribution is -2.54. The van der Waals surface area contributed by atoms with Gasteiger partial charge in [-0.2, -0.15) is 0 Å². The van der Waals surface area contributed by atoms with Gasteiger partial charge in [0.1, 0.15) is 6.04 Å². The predicted molar refractivity (Wildman–Crippen MR) is 58.9 cm³/mol. The van der Waals surface area contributed by atoms with Crippen molar-refractivity contribution < 1.29 is 19.4 Å². The standard InChI is InChI=1S/C10H15N3O4/c1-2-3-8(9(14)15)11-10(16)12-13-4-6-17-7-5-13/h1,8H,3-7H2,(H,14,15)(H2,11,12,16). The summed E-state index contributed by atoms with van der Waals surface area (Å²) in [5.41, 5.74) is 2.53. The average molecular weight is 241 g/mol. The van der Waals surface area contributed by atoms with Crippen molar-refractivity contribution in [2.45, 2.75) is 12.5 Å². The number of amides is 2. The van der Waals surface area contributed by atoms with Crippen molar-refractivity contribution in [1.82, 2.24) is 15.8 Å². The second-order valence-corrected chi connectivity index (χ2v) is 3.48. The van der Waals surface area contributed by atoms with Gasteiger partial charge in [0, 0.05) is 19.5 Å². The number of urea groups is 1. The molecule has 0 saturated carbocycles. The van der Waals surface area contributed by atoms with Crippen molar-refractivity contribution in [2.24, 2.45) is 0 Å². The Morgan fingerprint density at radius 1 is 1.47 bits per heavy atom. The second kappa shape index (κ2) is 6.73. The van der Waals surface area contributed by atoms with E-state index in [2.05, 4.69) is 16.7 Å². The van der Waals surface area contributed by atoms with Gasteiger partial charge < -0.3 is 15.2 Å². The molecule has 1 aliphatic heterocycles. The summed E-state index contributed by atoms with van der Waals surface area (Å²) in [5.74, 6) is 1.05. The third-order valence-electron chi connectivity index (χ3n) is 2.20. The second-order valence-electron chi connectivity index (χ2n) is 3.48. The van der Waals surface area contributed by atoms with Crippen molar-refractivity contribution in [1.29, 1.82) is 0 Å². The SMILES string of the molecule is C#CCC(NC(=O)NN1CCOCC1)C(=O)O. The number of nitrogens with zero attached hydrogens (tertiary/aromatic N) is 1. The molecular formula is C10H15N3O4. The van der Waals surface area contributed by atoms with Crippen LogP contribution in [0.3, 0.4) is 0 Å². The number of carboxylic acids is 1. The van der Waals surface area contributed by atoms with Crippen molar-refractivity contribution in [3.8, 4) is 12.3 Å². The number of hydrogen-bond donors (Lipinski definition) is 3. The zero-order valence-electron chi connectivity index (χ0n) is 9.31. The maximum absolute atomic E-state index is 11.5. The Balaban J connectivity index is 2.36. The van der Waals surface area contributed by atoms with E-state index in [0.29, 0.717) is 26.3 Å². The van der Waals surface area contributed by atoms with Crippen LogP contribution in [0.15, 0.2) is 0 Å². The Hall–Kier alpha value is -1.78. The number of carbonyl (C=O) groups is 2. The third-order valence-corrected chi connectivity index (χ3v) is 2.20. The number of nitrogens with one attached hydrogen (secondary N) is 2. The van der Waals surface area contributed by atoms with Crippen LogP contribution >= 0.6 is 0 Å². The van der Waals surface area contributed by atoms with E-state index in [1.165, 1.54) is 0 Å². The van der Waals surface area contributed by atoms with Crippen molar-refractivity contribution in [2.75, 3.05) is 26.3 Å².